The lowest BCUT2D eigenvalue weighted by Crippen LogP contribution is -2.17. The van der Waals surface area contributed by atoms with Gasteiger partial charge in [0.1, 0.15) is 10.8 Å². The molecular weight excluding hydrogens is 455 g/mol. The standard InChI is InChI=1S/C22H16F3N5O2S/c23-22(24,25)32-18-7-3-16(4-8-18)27-20(31)13-33-21-10-9-19(28-29-21)15-1-5-17(6-2-15)30-12-11-26-14-30/h1-12,14H,13H2,(H,27,31). The van der Waals surface area contributed by atoms with Crippen LogP contribution in [0.25, 0.3) is 16.9 Å². The molecule has 33 heavy (non-hydrogen) atoms. The minimum absolute atomic E-state index is 0.0639. The Labute approximate surface area is 190 Å². The summed E-state index contributed by atoms with van der Waals surface area (Å²) in [6.07, 6.45) is 0.518. The second-order valence-corrected chi connectivity index (χ2v) is 7.68. The Morgan fingerprint density at radius 2 is 1.76 bits per heavy atom. The Hall–Kier alpha value is -3.86. The quantitative estimate of drug-likeness (QED) is 0.384. The van der Waals surface area contributed by atoms with Gasteiger partial charge < -0.3 is 14.6 Å². The van der Waals surface area contributed by atoms with Crippen LogP contribution in [0.3, 0.4) is 0 Å². The molecule has 0 radical (unpaired) electrons. The van der Waals surface area contributed by atoms with Crippen LogP contribution < -0.4 is 10.1 Å². The highest BCUT2D eigenvalue weighted by atomic mass is 32.2. The fraction of sp³-hybridized carbons (Fsp3) is 0.0909. The van der Waals surface area contributed by atoms with Gasteiger partial charge in [0.25, 0.3) is 0 Å². The predicted molar refractivity (Wildman–Crippen MR) is 117 cm³/mol. The number of alkyl halides is 3. The van der Waals surface area contributed by atoms with Gasteiger partial charge >= 0.3 is 6.36 Å². The van der Waals surface area contributed by atoms with Crippen molar-refractivity contribution in [1.82, 2.24) is 19.7 Å². The molecule has 0 bridgehead atoms. The lowest BCUT2D eigenvalue weighted by Gasteiger charge is -2.10. The Kier molecular flexibility index (Phi) is 6.59. The lowest BCUT2D eigenvalue weighted by atomic mass is 10.1. The van der Waals surface area contributed by atoms with Crippen molar-refractivity contribution < 1.29 is 22.7 Å². The summed E-state index contributed by atoms with van der Waals surface area (Å²) < 4.78 is 42.3. The van der Waals surface area contributed by atoms with Crippen molar-refractivity contribution >= 4 is 23.4 Å². The van der Waals surface area contributed by atoms with E-state index in [0.717, 1.165) is 23.4 Å². The number of rotatable bonds is 7. The van der Waals surface area contributed by atoms with E-state index in [1.165, 1.54) is 23.9 Å². The second-order valence-electron chi connectivity index (χ2n) is 6.68. The van der Waals surface area contributed by atoms with E-state index in [9.17, 15) is 18.0 Å². The number of anilines is 1. The number of benzene rings is 2. The molecule has 0 aliphatic rings. The average molecular weight is 471 g/mol. The molecule has 2 heterocycles. The normalized spacial score (nSPS) is 11.2. The highest BCUT2D eigenvalue weighted by Gasteiger charge is 2.30. The maximum atomic E-state index is 12.2. The van der Waals surface area contributed by atoms with Crippen LogP contribution in [0.1, 0.15) is 0 Å². The number of nitrogens with one attached hydrogen (secondary N) is 1. The van der Waals surface area contributed by atoms with Gasteiger partial charge in [0.15, 0.2) is 0 Å². The maximum Gasteiger partial charge on any atom is 0.573 e. The molecule has 2 aromatic carbocycles. The number of imidazole rings is 1. The summed E-state index contributed by atoms with van der Waals surface area (Å²) in [5, 5.41) is 11.5. The largest absolute Gasteiger partial charge is 0.573 e. The Balaban J connectivity index is 1.29. The number of halogens is 3. The molecule has 0 saturated heterocycles. The molecule has 1 N–H and O–H groups in total. The molecule has 168 valence electrons. The first-order valence-electron chi connectivity index (χ1n) is 9.57. The van der Waals surface area contributed by atoms with Crippen molar-refractivity contribution in [3.8, 4) is 22.7 Å². The summed E-state index contributed by atoms with van der Waals surface area (Å²) in [4.78, 5) is 16.1. The fourth-order valence-electron chi connectivity index (χ4n) is 2.84. The number of nitrogens with zero attached hydrogens (tertiary/aromatic N) is 4. The molecule has 7 nitrogen and oxygen atoms in total. The number of ether oxygens (including phenoxy) is 1. The van der Waals surface area contributed by atoms with Gasteiger partial charge in [-0.3, -0.25) is 4.79 Å². The number of amides is 1. The highest BCUT2D eigenvalue weighted by Crippen LogP contribution is 2.25. The van der Waals surface area contributed by atoms with Gasteiger partial charge in [-0.15, -0.1) is 23.4 Å². The molecule has 0 unspecified atom stereocenters. The minimum atomic E-state index is -4.76. The number of carbonyl (C=O) groups excluding carboxylic acids is 1. The zero-order chi connectivity index (χ0) is 23.3. The zero-order valence-corrected chi connectivity index (χ0v) is 17.7. The summed E-state index contributed by atoms with van der Waals surface area (Å²) in [5.74, 6) is -0.624. The van der Waals surface area contributed by atoms with E-state index in [0.29, 0.717) is 16.4 Å². The van der Waals surface area contributed by atoms with Gasteiger partial charge in [-0.2, -0.15) is 0 Å². The zero-order valence-electron chi connectivity index (χ0n) is 16.9. The molecule has 0 saturated carbocycles. The van der Waals surface area contributed by atoms with Crippen molar-refractivity contribution in [2.24, 2.45) is 0 Å². The Bertz CT molecular complexity index is 1200. The molecule has 4 aromatic rings. The fourth-order valence-corrected chi connectivity index (χ4v) is 3.46. The number of aromatic nitrogens is 4. The van der Waals surface area contributed by atoms with Crippen LogP contribution in [0.4, 0.5) is 18.9 Å². The van der Waals surface area contributed by atoms with Crippen LogP contribution in [0.2, 0.25) is 0 Å². The smallest absolute Gasteiger partial charge is 0.406 e. The van der Waals surface area contributed by atoms with E-state index in [2.05, 4.69) is 25.2 Å². The van der Waals surface area contributed by atoms with E-state index in [-0.39, 0.29) is 17.4 Å². The van der Waals surface area contributed by atoms with Crippen molar-refractivity contribution in [3.63, 3.8) is 0 Å². The van der Waals surface area contributed by atoms with Gasteiger partial charge in [0, 0.05) is 29.3 Å². The van der Waals surface area contributed by atoms with Crippen LogP contribution in [0.15, 0.2) is 84.4 Å². The predicted octanol–water partition coefficient (Wildman–Crippen LogP) is 4.96. The third kappa shape index (κ3) is 6.32. The van der Waals surface area contributed by atoms with Crippen molar-refractivity contribution in [3.05, 3.63) is 79.4 Å². The topological polar surface area (TPSA) is 81.9 Å². The summed E-state index contributed by atoms with van der Waals surface area (Å²) in [6.45, 7) is 0. The molecule has 11 heteroatoms. The van der Waals surface area contributed by atoms with E-state index in [4.69, 9.17) is 0 Å². The second kappa shape index (κ2) is 9.74. The molecular formula is C22H16F3N5O2S. The van der Waals surface area contributed by atoms with Crippen LogP contribution in [0, 0.1) is 0 Å². The molecule has 0 aliphatic heterocycles. The monoisotopic (exact) mass is 471 g/mol. The third-order valence-electron chi connectivity index (χ3n) is 4.33. The van der Waals surface area contributed by atoms with E-state index < -0.39 is 6.36 Å². The Morgan fingerprint density at radius 1 is 1.00 bits per heavy atom. The van der Waals surface area contributed by atoms with Crippen LogP contribution >= 0.6 is 11.8 Å². The van der Waals surface area contributed by atoms with Crippen molar-refractivity contribution in [2.45, 2.75) is 11.4 Å². The lowest BCUT2D eigenvalue weighted by molar-refractivity contribution is -0.274. The summed E-state index contributed by atoms with van der Waals surface area (Å²) in [7, 11) is 0. The number of carbonyl (C=O) groups is 1. The summed E-state index contributed by atoms with van der Waals surface area (Å²) >= 11 is 1.19. The first-order chi connectivity index (χ1) is 15.9. The van der Waals surface area contributed by atoms with E-state index in [1.54, 1.807) is 18.6 Å². The van der Waals surface area contributed by atoms with Crippen LogP contribution in [0.5, 0.6) is 5.75 Å². The first kappa shape index (κ1) is 22.3. The van der Waals surface area contributed by atoms with Gasteiger partial charge in [-0.25, -0.2) is 4.98 Å². The average Bonchev–Trinajstić information content (AvgIpc) is 3.34. The Morgan fingerprint density at radius 3 is 2.36 bits per heavy atom. The van der Waals surface area contributed by atoms with Gasteiger partial charge in [-0.1, -0.05) is 23.9 Å². The first-order valence-corrected chi connectivity index (χ1v) is 10.6. The highest BCUT2D eigenvalue weighted by molar-refractivity contribution is 7.99. The minimum Gasteiger partial charge on any atom is -0.406 e. The third-order valence-corrected chi connectivity index (χ3v) is 5.25. The van der Waals surface area contributed by atoms with Gasteiger partial charge in [-0.05, 0) is 48.5 Å². The molecule has 0 aliphatic carbocycles. The molecule has 1 amide bonds. The van der Waals surface area contributed by atoms with Crippen LogP contribution in [-0.4, -0.2) is 37.8 Å². The number of hydrogen-bond donors (Lipinski definition) is 1. The van der Waals surface area contributed by atoms with Gasteiger partial charge in [0.2, 0.25) is 5.91 Å². The molecule has 0 atom stereocenters. The summed E-state index contributed by atoms with van der Waals surface area (Å²) in [5.41, 5.74) is 2.93. The molecule has 4 rings (SSSR count). The van der Waals surface area contributed by atoms with E-state index >= 15 is 0 Å². The van der Waals surface area contributed by atoms with Crippen LogP contribution in [-0.2, 0) is 4.79 Å². The molecule has 2 aromatic heterocycles. The summed E-state index contributed by atoms with van der Waals surface area (Å²) in [6, 6.07) is 16.3. The van der Waals surface area contributed by atoms with Crippen molar-refractivity contribution in [2.75, 3.05) is 11.1 Å². The molecule has 0 spiro atoms. The van der Waals surface area contributed by atoms with E-state index in [1.807, 2.05) is 41.1 Å². The SMILES string of the molecule is O=C(CSc1ccc(-c2ccc(-n3ccnc3)cc2)nn1)Nc1ccc(OC(F)(F)F)cc1. The van der Waals surface area contributed by atoms with Crippen molar-refractivity contribution in [1.29, 1.82) is 0 Å². The van der Waals surface area contributed by atoms with Gasteiger partial charge in [0.05, 0.1) is 17.8 Å². The number of thioether (sulfide) groups is 1. The molecule has 0 fully saturated rings. The maximum absolute atomic E-state index is 12.2. The number of hydrogen-bond acceptors (Lipinski definition) is 6.